The Morgan fingerprint density at radius 1 is 1.59 bits per heavy atom. The van der Waals surface area contributed by atoms with Gasteiger partial charge >= 0.3 is 5.97 Å². The fourth-order valence-corrected chi connectivity index (χ4v) is 1.34. The van der Waals surface area contributed by atoms with Crippen molar-refractivity contribution in [3.8, 4) is 0 Å². The molecule has 0 radical (unpaired) electrons. The van der Waals surface area contributed by atoms with E-state index in [2.05, 4.69) is 15.0 Å². The molecule has 1 atom stereocenters. The number of hydrogen-bond donors (Lipinski definition) is 1. The van der Waals surface area contributed by atoms with Crippen molar-refractivity contribution in [1.82, 2.24) is 4.98 Å². The van der Waals surface area contributed by atoms with Crippen molar-refractivity contribution in [3.05, 3.63) is 23.9 Å². The standard InChI is InChI=1S/C12H18N2O3/c1-4-17-8-9(2)14-11-7-10(5-6-13-11)12(15)16-3/h5-7,9H,4,8H2,1-3H3,(H,13,14). The smallest absolute Gasteiger partial charge is 0.338 e. The monoisotopic (exact) mass is 238 g/mol. The Kier molecular flexibility index (Phi) is 5.42. The van der Waals surface area contributed by atoms with E-state index in [1.54, 1.807) is 18.3 Å². The molecule has 0 amide bonds. The van der Waals surface area contributed by atoms with Gasteiger partial charge in [0.1, 0.15) is 5.82 Å². The minimum absolute atomic E-state index is 0.135. The quantitative estimate of drug-likeness (QED) is 0.764. The highest BCUT2D eigenvalue weighted by atomic mass is 16.5. The number of hydrogen-bond acceptors (Lipinski definition) is 5. The molecule has 0 aromatic carbocycles. The number of pyridine rings is 1. The van der Waals surface area contributed by atoms with Gasteiger partial charge in [-0.2, -0.15) is 0 Å². The van der Waals surface area contributed by atoms with Gasteiger partial charge in [0.25, 0.3) is 0 Å². The first-order valence-corrected chi connectivity index (χ1v) is 5.56. The Bertz CT molecular complexity index is 369. The largest absolute Gasteiger partial charge is 0.465 e. The molecule has 1 rings (SSSR count). The van der Waals surface area contributed by atoms with Gasteiger partial charge in [0.15, 0.2) is 0 Å². The average Bonchev–Trinajstić information content (AvgIpc) is 2.35. The summed E-state index contributed by atoms with van der Waals surface area (Å²) in [6.07, 6.45) is 1.57. The van der Waals surface area contributed by atoms with Crippen molar-refractivity contribution in [2.45, 2.75) is 19.9 Å². The fraction of sp³-hybridized carbons (Fsp3) is 0.500. The first-order valence-electron chi connectivity index (χ1n) is 5.56. The number of aromatic nitrogens is 1. The predicted octanol–water partition coefficient (Wildman–Crippen LogP) is 1.71. The van der Waals surface area contributed by atoms with E-state index in [9.17, 15) is 4.79 Å². The van der Waals surface area contributed by atoms with Gasteiger partial charge in [0, 0.05) is 18.8 Å². The maximum Gasteiger partial charge on any atom is 0.338 e. The molecule has 1 unspecified atom stereocenters. The Hall–Kier alpha value is -1.62. The lowest BCUT2D eigenvalue weighted by atomic mass is 10.2. The van der Waals surface area contributed by atoms with E-state index in [1.807, 2.05) is 13.8 Å². The van der Waals surface area contributed by atoms with Crippen molar-refractivity contribution >= 4 is 11.8 Å². The zero-order valence-electron chi connectivity index (χ0n) is 10.4. The van der Waals surface area contributed by atoms with E-state index in [0.29, 0.717) is 24.6 Å². The summed E-state index contributed by atoms with van der Waals surface area (Å²) in [6.45, 7) is 5.22. The summed E-state index contributed by atoms with van der Waals surface area (Å²) in [6, 6.07) is 3.41. The lowest BCUT2D eigenvalue weighted by Crippen LogP contribution is -2.22. The molecule has 0 aliphatic heterocycles. The number of ether oxygens (including phenoxy) is 2. The molecule has 0 bridgehead atoms. The third kappa shape index (κ3) is 4.40. The van der Waals surface area contributed by atoms with Crippen LogP contribution in [0.1, 0.15) is 24.2 Å². The van der Waals surface area contributed by atoms with Gasteiger partial charge in [-0.1, -0.05) is 0 Å². The average molecular weight is 238 g/mol. The molecule has 0 fully saturated rings. The molecule has 5 nitrogen and oxygen atoms in total. The van der Waals surface area contributed by atoms with Crippen molar-refractivity contribution in [1.29, 1.82) is 0 Å². The van der Waals surface area contributed by atoms with Crippen LogP contribution in [0.25, 0.3) is 0 Å². The van der Waals surface area contributed by atoms with Gasteiger partial charge < -0.3 is 14.8 Å². The summed E-state index contributed by atoms with van der Waals surface area (Å²) in [5.41, 5.74) is 0.480. The van der Waals surface area contributed by atoms with Crippen LogP contribution in [0, 0.1) is 0 Å². The second kappa shape index (κ2) is 6.85. The summed E-state index contributed by atoms with van der Waals surface area (Å²) >= 11 is 0. The van der Waals surface area contributed by atoms with Gasteiger partial charge in [-0.25, -0.2) is 9.78 Å². The molecule has 0 saturated carbocycles. The Balaban J connectivity index is 2.62. The van der Waals surface area contributed by atoms with Crippen LogP contribution in [-0.2, 0) is 9.47 Å². The number of carbonyl (C=O) groups excluding carboxylic acids is 1. The summed E-state index contributed by atoms with van der Waals surface area (Å²) in [5, 5.41) is 3.15. The number of carbonyl (C=O) groups is 1. The lowest BCUT2D eigenvalue weighted by molar-refractivity contribution is 0.0600. The third-order valence-corrected chi connectivity index (χ3v) is 2.15. The third-order valence-electron chi connectivity index (χ3n) is 2.15. The number of anilines is 1. The maximum absolute atomic E-state index is 11.3. The molecule has 1 aromatic heterocycles. The number of rotatable bonds is 6. The second-order valence-corrected chi connectivity index (χ2v) is 3.63. The Morgan fingerprint density at radius 2 is 2.35 bits per heavy atom. The van der Waals surface area contributed by atoms with Crippen molar-refractivity contribution in [2.75, 3.05) is 25.6 Å². The molecule has 1 heterocycles. The van der Waals surface area contributed by atoms with Crippen LogP contribution in [0.4, 0.5) is 5.82 Å². The highest BCUT2D eigenvalue weighted by Crippen LogP contribution is 2.09. The summed E-state index contributed by atoms with van der Waals surface area (Å²) in [4.78, 5) is 15.5. The van der Waals surface area contributed by atoms with Crippen LogP contribution < -0.4 is 5.32 Å². The molecule has 1 N–H and O–H groups in total. The highest BCUT2D eigenvalue weighted by Gasteiger charge is 2.08. The Morgan fingerprint density at radius 3 is 3.00 bits per heavy atom. The number of methoxy groups -OCH3 is 1. The lowest BCUT2D eigenvalue weighted by Gasteiger charge is -2.14. The predicted molar refractivity (Wildman–Crippen MR) is 65.2 cm³/mol. The molecular weight excluding hydrogens is 220 g/mol. The fourth-order valence-electron chi connectivity index (χ4n) is 1.34. The van der Waals surface area contributed by atoms with Crippen LogP contribution in [0.15, 0.2) is 18.3 Å². The van der Waals surface area contributed by atoms with E-state index in [0.717, 1.165) is 0 Å². The number of nitrogens with zero attached hydrogens (tertiary/aromatic N) is 1. The molecule has 0 aliphatic carbocycles. The summed E-state index contributed by atoms with van der Waals surface area (Å²) in [5.74, 6) is 0.271. The van der Waals surface area contributed by atoms with Crippen molar-refractivity contribution < 1.29 is 14.3 Å². The molecule has 94 valence electrons. The van der Waals surface area contributed by atoms with Crippen LogP contribution in [0.2, 0.25) is 0 Å². The first-order chi connectivity index (χ1) is 8.17. The molecule has 0 aliphatic rings. The molecule has 17 heavy (non-hydrogen) atoms. The molecular formula is C12H18N2O3. The molecule has 0 saturated heterocycles. The van der Waals surface area contributed by atoms with Gasteiger partial charge in [-0.15, -0.1) is 0 Å². The number of esters is 1. The van der Waals surface area contributed by atoms with E-state index in [-0.39, 0.29) is 12.0 Å². The van der Waals surface area contributed by atoms with Crippen LogP contribution >= 0.6 is 0 Å². The van der Waals surface area contributed by atoms with E-state index < -0.39 is 0 Å². The molecule has 0 spiro atoms. The van der Waals surface area contributed by atoms with E-state index in [1.165, 1.54) is 7.11 Å². The number of nitrogens with one attached hydrogen (secondary N) is 1. The molecule has 5 heteroatoms. The van der Waals surface area contributed by atoms with Crippen LogP contribution in [-0.4, -0.2) is 37.3 Å². The second-order valence-electron chi connectivity index (χ2n) is 3.63. The van der Waals surface area contributed by atoms with Crippen molar-refractivity contribution in [2.24, 2.45) is 0 Å². The van der Waals surface area contributed by atoms with Crippen LogP contribution in [0.3, 0.4) is 0 Å². The molecule has 1 aromatic rings. The zero-order chi connectivity index (χ0) is 12.7. The summed E-state index contributed by atoms with van der Waals surface area (Å²) < 4.78 is 9.93. The van der Waals surface area contributed by atoms with E-state index >= 15 is 0 Å². The summed E-state index contributed by atoms with van der Waals surface area (Å²) in [7, 11) is 1.35. The van der Waals surface area contributed by atoms with Crippen LogP contribution in [0.5, 0.6) is 0 Å². The minimum Gasteiger partial charge on any atom is -0.465 e. The maximum atomic E-state index is 11.3. The van der Waals surface area contributed by atoms with Gasteiger partial charge in [0.05, 0.1) is 19.3 Å². The topological polar surface area (TPSA) is 60.5 Å². The SMILES string of the molecule is CCOCC(C)Nc1cc(C(=O)OC)ccn1. The van der Waals surface area contributed by atoms with Gasteiger partial charge in [0.2, 0.25) is 0 Å². The highest BCUT2D eigenvalue weighted by molar-refractivity contribution is 5.89. The van der Waals surface area contributed by atoms with E-state index in [4.69, 9.17) is 4.74 Å². The Labute approximate surface area is 101 Å². The van der Waals surface area contributed by atoms with Gasteiger partial charge in [-0.3, -0.25) is 0 Å². The van der Waals surface area contributed by atoms with Crippen molar-refractivity contribution in [3.63, 3.8) is 0 Å². The first kappa shape index (κ1) is 13.4. The minimum atomic E-state index is -0.368. The normalized spacial score (nSPS) is 11.9. The zero-order valence-corrected chi connectivity index (χ0v) is 10.4. The van der Waals surface area contributed by atoms with Gasteiger partial charge in [-0.05, 0) is 26.0 Å².